The Hall–Kier alpha value is -2.21. The molecule has 0 unspecified atom stereocenters. The predicted molar refractivity (Wildman–Crippen MR) is 75.2 cm³/mol. The number of carbonyl (C=O) groups excluding carboxylic acids is 1. The molecule has 5 nitrogen and oxygen atoms in total. The van der Waals surface area contributed by atoms with Crippen LogP contribution in [0, 0.1) is 11.7 Å². The number of hydrogen-bond acceptors (Lipinski definition) is 3. The molecule has 1 aromatic carbocycles. The summed E-state index contributed by atoms with van der Waals surface area (Å²) in [7, 11) is 0. The first kappa shape index (κ1) is 15.2. The molecule has 2 rings (SSSR count). The van der Waals surface area contributed by atoms with Gasteiger partial charge in [0.15, 0.2) is 0 Å². The number of halogens is 1. The minimum atomic E-state index is -1.15. The third kappa shape index (κ3) is 4.39. The highest BCUT2D eigenvalue weighted by molar-refractivity contribution is 5.92. The van der Waals surface area contributed by atoms with Crippen LogP contribution >= 0.6 is 0 Å². The normalized spacial score (nSPS) is 16.0. The summed E-state index contributed by atoms with van der Waals surface area (Å²) < 4.78 is 19.0. The Labute approximate surface area is 121 Å². The van der Waals surface area contributed by atoms with Crippen molar-refractivity contribution >= 4 is 23.6 Å². The van der Waals surface area contributed by atoms with Gasteiger partial charge in [-0.05, 0) is 37.1 Å². The molecule has 1 amide bonds. The van der Waals surface area contributed by atoms with E-state index in [0.717, 1.165) is 6.08 Å². The van der Waals surface area contributed by atoms with Gasteiger partial charge in [-0.25, -0.2) is 9.18 Å². The standard InChI is InChI=1S/C15H16FNO4/c16-13-9-12(3-1-10(13)2-4-14(18)19)17-15(20)11-5-7-21-8-6-11/h1-4,9,11H,5-8H2,(H,17,20)(H,18,19). The molecule has 1 fully saturated rings. The average Bonchev–Trinajstić information content (AvgIpc) is 2.47. The van der Waals surface area contributed by atoms with E-state index in [1.54, 1.807) is 6.07 Å². The Balaban J connectivity index is 2.02. The second kappa shape index (κ2) is 6.99. The number of carboxylic acids is 1. The van der Waals surface area contributed by atoms with Crippen molar-refractivity contribution in [1.82, 2.24) is 0 Å². The summed E-state index contributed by atoms with van der Waals surface area (Å²) in [5, 5.41) is 11.2. The molecular weight excluding hydrogens is 277 g/mol. The molecule has 0 spiro atoms. The average molecular weight is 293 g/mol. The molecule has 0 bridgehead atoms. The van der Waals surface area contributed by atoms with Gasteiger partial charge in [-0.1, -0.05) is 0 Å². The summed E-state index contributed by atoms with van der Waals surface area (Å²) in [6.45, 7) is 1.12. The SMILES string of the molecule is O=C(O)C=Cc1ccc(NC(=O)C2CCOCC2)cc1F. The topological polar surface area (TPSA) is 75.6 Å². The summed E-state index contributed by atoms with van der Waals surface area (Å²) in [5.41, 5.74) is 0.512. The van der Waals surface area contributed by atoms with Crippen LogP contribution in [0.3, 0.4) is 0 Å². The first-order chi connectivity index (χ1) is 10.1. The van der Waals surface area contributed by atoms with Gasteiger partial charge < -0.3 is 15.2 Å². The number of amides is 1. The van der Waals surface area contributed by atoms with Gasteiger partial charge in [0, 0.05) is 36.5 Å². The maximum atomic E-state index is 13.8. The van der Waals surface area contributed by atoms with Crippen molar-refractivity contribution in [2.24, 2.45) is 5.92 Å². The highest BCUT2D eigenvalue weighted by atomic mass is 19.1. The van der Waals surface area contributed by atoms with Gasteiger partial charge >= 0.3 is 5.97 Å². The zero-order chi connectivity index (χ0) is 15.2. The number of carboxylic acid groups (broad SMARTS) is 1. The molecule has 1 aromatic rings. The molecule has 0 atom stereocenters. The fourth-order valence-electron chi connectivity index (χ4n) is 2.11. The summed E-state index contributed by atoms with van der Waals surface area (Å²) >= 11 is 0. The van der Waals surface area contributed by atoms with Crippen molar-refractivity contribution in [3.63, 3.8) is 0 Å². The highest BCUT2D eigenvalue weighted by Crippen LogP contribution is 2.20. The van der Waals surface area contributed by atoms with Crippen LogP contribution < -0.4 is 5.32 Å². The molecule has 6 heteroatoms. The van der Waals surface area contributed by atoms with Crippen molar-refractivity contribution in [1.29, 1.82) is 0 Å². The van der Waals surface area contributed by atoms with E-state index in [0.29, 0.717) is 31.7 Å². The molecule has 2 N–H and O–H groups in total. The van der Waals surface area contributed by atoms with E-state index in [2.05, 4.69) is 5.32 Å². The number of aliphatic carboxylic acids is 1. The molecule has 1 aliphatic rings. The first-order valence-corrected chi connectivity index (χ1v) is 6.65. The lowest BCUT2D eigenvalue weighted by molar-refractivity contribution is -0.131. The zero-order valence-electron chi connectivity index (χ0n) is 11.3. The van der Waals surface area contributed by atoms with Crippen molar-refractivity contribution < 1.29 is 23.8 Å². The van der Waals surface area contributed by atoms with Crippen LogP contribution in [0.5, 0.6) is 0 Å². The van der Waals surface area contributed by atoms with Crippen LogP contribution in [-0.2, 0) is 14.3 Å². The van der Waals surface area contributed by atoms with Crippen molar-refractivity contribution in [2.45, 2.75) is 12.8 Å². The predicted octanol–water partition coefficient (Wildman–Crippen LogP) is 2.29. The van der Waals surface area contributed by atoms with E-state index in [9.17, 15) is 14.0 Å². The van der Waals surface area contributed by atoms with Gasteiger partial charge in [-0.15, -0.1) is 0 Å². The third-order valence-electron chi connectivity index (χ3n) is 3.27. The Morgan fingerprint density at radius 1 is 1.33 bits per heavy atom. The molecular formula is C15H16FNO4. The van der Waals surface area contributed by atoms with Crippen molar-refractivity contribution in [3.05, 3.63) is 35.7 Å². The fraction of sp³-hybridized carbons (Fsp3) is 0.333. The second-order valence-electron chi connectivity index (χ2n) is 4.78. The Bertz CT molecular complexity index is 565. The van der Waals surface area contributed by atoms with Gasteiger partial charge in [0.1, 0.15) is 5.82 Å². The summed E-state index contributed by atoms with van der Waals surface area (Å²) in [6.07, 6.45) is 3.35. The monoisotopic (exact) mass is 293 g/mol. The maximum Gasteiger partial charge on any atom is 0.328 e. The van der Waals surface area contributed by atoms with E-state index in [1.807, 2.05) is 0 Å². The van der Waals surface area contributed by atoms with Gasteiger partial charge in [0.25, 0.3) is 0 Å². The summed E-state index contributed by atoms with van der Waals surface area (Å²) in [6, 6.07) is 4.15. The van der Waals surface area contributed by atoms with Crippen molar-refractivity contribution in [2.75, 3.05) is 18.5 Å². The summed E-state index contributed by atoms with van der Waals surface area (Å²) in [5.74, 6) is -2.00. The van der Waals surface area contributed by atoms with Crippen LogP contribution in [0.25, 0.3) is 6.08 Å². The quantitative estimate of drug-likeness (QED) is 0.835. The molecule has 21 heavy (non-hydrogen) atoms. The maximum absolute atomic E-state index is 13.8. The molecule has 1 saturated heterocycles. The van der Waals surface area contributed by atoms with Gasteiger partial charge in [-0.2, -0.15) is 0 Å². The highest BCUT2D eigenvalue weighted by Gasteiger charge is 2.21. The van der Waals surface area contributed by atoms with E-state index < -0.39 is 11.8 Å². The van der Waals surface area contributed by atoms with E-state index in [1.165, 1.54) is 18.2 Å². The van der Waals surface area contributed by atoms with Gasteiger partial charge in [0.05, 0.1) is 0 Å². The lowest BCUT2D eigenvalue weighted by Crippen LogP contribution is -2.28. The van der Waals surface area contributed by atoms with Crippen LogP contribution in [0.1, 0.15) is 18.4 Å². The Morgan fingerprint density at radius 2 is 2.05 bits per heavy atom. The van der Waals surface area contributed by atoms with Crippen LogP contribution in [0.4, 0.5) is 10.1 Å². The third-order valence-corrected chi connectivity index (χ3v) is 3.27. The fourth-order valence-corrected chi connectivity index (χ4v) is 2.11. The van der Waals surface area contributed by atoms with E-state index in [4.69, 9.17) is 9.84 Å². The first-order valence-electron chi connectivity index (χ1n) is 6.65. The van der Waals surface area contributed by atoms with E-state index in [-0.39, 0.29) is 17.4 Å². The number of ether oxygens (including phenoxy) is 1. The molecule has 0 aromatic heterocycles. The number of carbonyl (C=O) groups is 2. The van der Waals surface area contributed by atoms with Gasteiger partial charge in [0.2, 0.25) is 5.91 Å². The van der Waals surface area contributed by atoms with Crippen molar-refractivity contribution in [3.8, 4) is 0 Å². The Kier molecular flexibility index (Phi) is 5.05. The van der Waals surface area contributed by atoms with Crippen LogP contribution in [0.15, 0.2) is 24.3 Å². The number of nitrogens with one attached hydrogen (secondary N) is 1. The minimum Gasteiger partial charge on any atom is -0.478 e. The molecule has 112 valence electrons. The largest absolute Gasteiger partial charge is 0.478 e. The summed E-state index contributed by atoms with van der Waals surface area (Å²) in [4.78, 5) is 22.4. The second-order valence-corrected chi connectivity index (χ2v) is 4.78. The van der Waals surface area contributed by atoms with Crippen LogP contribution in [0.2, 0.25) is 0 Å². The molecule has 1 aliphatic heterocycles. The lowest BCUT2D eigenvalue weighted by atomic mass is 9.99. The van der Waals surface area contributed by atoms with E-state index >= 15 is 0 Å². The van der Waals surface area contributed by atoms with Crippen LogP contribution in [-0.4, -0.2) is 30.2 Å². The molecule has 0 saturated carbocycles. The Morgan fingerprint density at radius 3 is 2.67 bits per heavy atom. The number of rotatable bonds is 4. The molecule has 0 radical (unpaired) electrons. The smallest absolute Gasteiger partial charge is 0.328 e. The number of anilines is 1. The number of benzene rings is 1. The zero-order valence-corrected chi connectivity index (χ0v) is 11.3. The lowest BCUT2D eigenvalue weighted by Gasteiger charge is -2.21. The number of hydrogen-bond donors (Lipinski definition) is 2. The molecule has 0 aliphatic carbocycles. The minimum absolute atomic E-state index is 0.117. The molecule has 1 heterocycles. The van der Waals surface area contributed by atoms with Gasteiger partial charge in [-0.3, -0.25) is 4.79 Å².